The molecule has 0 radical (unpaired) electrons. The summed E-state index contributed by atoms with van der Waals surface area (Å²) in [6, 6.07) is 0. The van der Waals surface area contributed by atoms with E-state index in [1.54, 1.807) is 0 Å². The highest BCUT2D eigenvalue weighted by atomic mass is 19.4. The lowest BCUT2D eigenvalue weighted by molar-refractivity contribution is -0.255. The highest BCUT2D eigenvalue weighted by Crippen LogP contribution is 2.68. The van der Waals surface area contributed by atoms with E-state index in [9.17, 15) is 23.4 Å². The van der Waals surface area contributed by atoms with Crippen molar-refractivity contribution < 1.29 is 23.4 Å². The minimum atomic E-state index is -4.56. The van der Waals surface area contributed by atoms with Crippen molar-refractivity contribution in [3.05, 3.63) is 11.6 Å². The van der Waals surface area contributed by atoms with Crippen molar-refractivity contribution >= 4 is 0 Å². The second-order valence-corrected chi connectivity index (χ2v) is 12.9. The molecule has 5 heteroatoms. The van der Waals surface area contributed by atoms with Gasteiger partial charge in [0.05, 0.1) is 5.60 Å². The molecule has 0 aromatic heterocycles. The zero-order chi connectivity index (χ0) is 23.7. The summed E-state index contributed by atoms with van der Waals surface area (Å²) in [6.07, 6.45) is 6.27. The minimum Gasteiger partial charge on any atom is -0.390 e. The van der Waals surface area contributed by atoms with Gasteiger partial charge in [0, 0.05) is 0 Å². The molecule has 0 heterocycles. The number of rotatable bonds is 4. The maximum Gasteiger partial charge on any atom is 0.416 e. The Morgan fingerprint density at radius 2 is 1.72 bits per heavy atom. The molecule has 0 spiro atoms. The maximum atomic E-state index is 13.1. The lowest BCUT2D eigenvalue weighted by atomic mass is 9.45. The Morgan fingerprint density at radius 1 is 1.03 bits per heavy atom. The first-order valence-corrected chi connectivity index (χ1v) is 12.8. The zero-order valence-electron chi connectivity index (χ0n) is 20.6. The summed E-state index contributed by atoms with van der Waals surface area (Å²) in [5.74, 6) is 2.85. The third-order valence-electron chi connectivity index (χ3n) is 10.7. The lowest BCUT2D eigenvalue weighted by Crippen LogP contribution is -2.53. The van der Waals surface area contributed by atoms with E-state index in [1.807, 2.05) is 6.92 Å². The van der Waals surface area contributed by atoms with Crippen LogP contribution in [0.5, 0.6) is 0 Å². The van der Waals surface area contributed by atoms with E-state index < -0.39 is 17.4 Å². The highest BCUT2D eigenvalue weighted by molar-refractivity contribution is 5.28. The van der Waals surface area contributed by atoms with Gasteiger partial charge in [0.1, 0.15) is 0 Å². The molecular formula is C27H43F3O2. The van der Waals surface area contributed by atoms with Crippen LogP contribution in [0.25, 0.3) is 0 Å². The largest absolute Gasteiger partial charge is 0.416 e. The molecule has 0 aromatic carbocycles. The number of halogens is 3. The Balaban J connectivity index is 1.49. The molecule has 4 rings (SSSR count). The van der Waals surface area contributed by atoms with E-state index in [0.717, 1.165) is 45.4 Å². The number of fused-ring (bicyclic) bond motifs is 5. The van der Waals surface area contributed by atoms with E-state index in [2.05, 4.69) is 26.8 Å². The molecule has 0 aliphatic heterocycles. The van der Waals surface area contributed by atoms with Gasteiger partial charge in [0.25, 0.3) is 0 Å². The van der Waals surface area contributed by atoms with Gasteiger partial charge in [-0.2, -0.15) is 13.2 Å². The quantitative estimate of drug-likeness (QED) is 0.445. The van der Waals surface area contributed by atoms with Crippen LogP contribution < -0.4 is 0 Å². The molecule has 0 aromatic rings. The fourth-order valence-corrected chi connectivity index (χ4v) is 8.58. The molecule has 4 aliphatic rings. The van der Waals surface area contributed by atoms with Gasteiger partial charge in [-0.05, 0) is 118 Å². The molecule has 3 saturated carbocycles. The average Bonchev–Trinajstić information content (AvgIpc) is 2.99. The molecule has 32 heavy (non-hydrogen) atoms. The van der Waals surface area contributed by atoms with Crippen LogP contribution in [-0.4, -0.2) is 27.6 Å². The second kappa shape index (κ2) is 7.73. The Labute approximate surface area is 192 Å². The van der Waals surface area contributed by atoms with E-state index >= 15 is 0 Å². The van der Waals surface area contributed by atoms with Crippen LogP contribution >= 0.6 is 0 Å². The van der Waals surface area contributed by atoms with Crippen molar-refractivity contribution in [2.45, 2.75) is 116 Å². The van der Waals surface area contributed by atoms with Crippen LogP contribution in [0, 0.1) is 40.4 Å². The number of allylic oxidation sites excluding steroid dienone is 1. The smallest absolute Gasteiger partial charge is 0.390 e. The summed E-state index contributed by atoms with van der Waals surface area (Å²) >= 11 is 0. The Morgan fingerprint density at radius 3 is 2.38 bits per heavy atom. The van der Waals surface area contributed by atoms with Crippen LogP contribution in [0.2, 0.25) is 0 Å². The first kappa shape index (κ1) is 24.6. The van der Waals surface area contributed by atoms with Gasteiger partial charge < -0.3 is 10.2 Å². The fourth-order valence-electron chi connectivity index (χ4n) is 8.58. The van der Waals surface area contributed by atoms with Gasteiger partial charge in [0.2, 0.25) is 0 Å². The van der Waals surface area contributed by atoms with Crippen molar-refractivity contribution in [2.24, 2.45) is 40.4 Å². The predicted molar refractivity (Wildman–Crippen MR) is 121 cm³/mol. The molecule has 0 bridgehead atoms. The lowest BCUT2D eigenvalue weighted by Gasteiger charge is -2.60. The monoisotopic (exact) mass is 456 g/mol. The normalized spacial score (nSPS) is 48.3. The second-order valence-electron chi connectivity index (χ2n) is 12.9. The Bertz CT molecular complexity index is 754. The molecule has 4 aliphatic carbocycles. The predicted octanol–water partition coefficient (Wildman–Crippen LogP) is 7.05. The molecule has 2 N–H and O–H groups in total. The number of hydrogen-bond donors (Lipinski definition) is 2. The van der Waals surface area contributed by atoms with Crippen molar-refractivity contribution in [3.8, 4) is 0 Å². The van der Waals surface area contributed by atoms with Crippen LogP contribution in [0.4, 0.5) is 13.2 Å². The van der Waals surface area contributed by atoms with Gasteiger partial charge in [-0.25, -0.2) is 0 Å². The van der Waals surface area contributed by atoms with Crippen LogP contribution in [0.15, 0.2) is 11.6 Å². The van der Waals surface area contributed by atoms with Crippen molar-refractivity contribution in [3.63, 3.8) is 0 Å². The molecule has 0 saturated heterocycles. The Hall–Kier alpha value is -0.550. The molecule has 3 fully saturated rings. The minimum absolute atomic E-state index is 0.185. The van der Waals surface area contributed by atoms with Crippen LogP contribution in [0.3, 0.4) is 0 Å². The van der Waals surface area contributed by atoms with E-state index in [0.29, 0.717) is 36.0 Å². The molecule has 0 amide bonds. The molecule has 184 valence electrons. The zero-order valence-corrected chi connectivity index (χ0v) is 20.6. The topological polar surface area (TPSA) is 40.5 Å². The summed E-state index contributed by atoms with van der Waals surface area (Å²) < 4.78 is 39.2. The van der Waals surface area contributed by atoms with Gasteiger partial charge in [-0.15, -0.1) is 0 Å². The molecule has 0 unspecified atom stereocenters. The van der Waals surface area contributed by atoms with E-state index in [-0.39, 0.29) is 17.3 Å². The van der Waals surface area contributed by atoms with Crippen molar-refractivity contribution in [2.75, 3.05) is 0 Å². The van der Waals surface area contributed by atoms with Crippen molar-refractivity contribution in [1.29, 1.82) is 0 Å². The summed E-state index contributed by atoms with van der Waals surface area (Å²) in [5, 5.41) is 20.5. The van der Waals surface area contributed by atoms with Crippen LogP contribution in [0.1, 0.15) is 98.8 Å². The van der Waals surface area contributed by atoms with Gasteiger partial charge in [-0.1, -0.05) is 32.4 Å². The number of hydrogen-bond acceptors (Lipinski definition) is 2. The molecular weight excluding hydrogens is 413 g/mol. The van der Waals surface area contributed by atoms with Gasteiger partial charge in [-0.3, -0.25) is 0 Å². The summed E-state index contributed by atoms with van der Waals surface area (Å²) in [5.41, 5.74) is -1.32. The average molecular weight is 457 g/mol. The van der Waals surface area contributed by atoms with E-state index in [4.69, 9.17) is 0 Å². The van der Waals surface area contributed by atoms with Gasteiger partial charge >= 0.3 is 6.18 Å². The number of aliphatic hydroxyl groups is 2. The summed E-state index contributed by atoms with van der Waals surface area (Å²) in [6.45, 7) is 10.1. The molecule has 2 nitrogen and oxygen atoms in total. The molecule has 9 atom stereocenters. The Kier molecular flexibility index (Phi) is 5.94. The number of alkyl halides is 3. The maximum absolute atomic E-state index is 13.1. The van der Waals surface area contributed by atoms with Gasteiger partial charge in [0.15, 0.2) is 5.60 Å². The third kappa shape index (κ3) is 3.87. The highest BCUT2D eigenvalue weighted by Gasteiger charge is 2.60. The SMILES string of the molecule is C[C@H]1C=C2C[C@@](C)(O)CC[C@]2(C)[C@H]2CC[C@]3(C)[C@@H](CCC[C@](C)(O)C(F)(F)F)CC[C@H]3[C@H]12. The summed E-state index contributed by atoms with van der Waals surface area (Å²) in [4.78, 5) is 0. The standard InChI is InChI=1S/C27H43F3O2/c1-17-15-19-16-23(2,31)13-14-25(19,4)21-10-12-24(3)18(8-9-20(24)22(17)21)7-6-11-26(5,32)27(28,29)30/h15,17-18,20-22,31-32H,6-14,16H2,1-5H3/t17-,18-,20-,21-,22-,23-,24+,25-,26-/m0/s1. The van der Waals surface area contributed by atoms with Crippen LogP contribution in [-0.2, 0) is 0 Å². The summed E-state index contributed by atoms with van der Waals surface area (Å²) in [7, 11) is 0. The first-order chi connectivity index (χ1) is 14.6. The van der Waals surface area contributed by atoms with Crippen molar-refractivity contribution in [1.82, 2.24) is 0 Å². The van der Waals surface area contributed by atoms with E-state index in [1.165, 1.54) is 18.4 Å². The third-order valence-corrected chi connectivity index (χ3v) is 10.7. The fraction of sp³-hybridized carbons (Fsp3) is 0.926. The first-order valence-electron chi connectivity index (χ1n) is 12.8.